The summed E-state index contributed by atoms with van der Waals surface area (Å²) in [6, 6.07) is 19.7. The first-order valence-corrected chi connectivity index (χ1v) is 4.53. The van der Waals surface area contributed by atoms with Crippen LogP contribution in [0.3, 0.4) is 0 Å². The third kappa shape index (κ3) is 8.54. The molecule has 2 rings (SSSR count). The van der Waals surface area contributed by atoms with Crippen molar-refractivity contribution in [2.75, 3.05) is 0 Å². The molecule has 2 heteroatoms. The molecule has 0 atom stereocenters. The van der Waals surface area contributed by atoms with Gasteiger partial charge in [0.2, 0.25) is 0 Å². The van der Waals surface area contributed by atoms with E-state index < -0.39 is 0 Å². The fourth-order valence-electron chi connectivity index (χ4n) is 0.956. The monoisotopic (exact) mass is 242 g/mol. The summed E-state index contributed by atoms with van der Waals surface area (Å²) in [7, 11) is 0. The maximum Gasteiger partial charge on any atom is 2.00 e. The number of rotatable bonds is 0. The topological polar surface area (TPSA) is 0 Å². The molecule has 0 aliphatic rings. The maximum atomic E-state index is 3.72. The molecule has 0 saturated heterocycles. The van der Waals surface area contributed by atoms with Gasteiger partial charge in [-0.2, -0.15) is 49.2 Å². The molecular weight excluding hydrogens is 228 g/mol. The Labute approximate surface area is 121 Å². The zero-order chi connectivity index (χ0) is 10.2. The van der Waals surface area contributed by atoms with E-state index in [1.165, 1.54) is 0 Å². The molecule has 0 amide bonds. The molecule has 0 spiro atoms. The zero-order valence-corrected chi connectivity index (χ0v) is 11.5. The van der Waals surface area contributed by atoms with Gasteiger partial charge in [-0.05, 0) is 0 Å². The average Bonchev–Trinajstić information content (AvgIpc) is 2.21. The first-order chi connectivity index (χ1) is 6.79. The minimum absolute atomic E-state index is 0. The number of benzene rings is 2. The second-order valence-corrected chi connectivity index (χ2v) is 2.97. The standard InChI is InChI=1S/2C7H7.ClH.Mg/c2*1-7-5-3-2-4-6-7;;/h2*2-6H,1H2;1H;/q2*-1;;+2. The fourth-order valence-corrected chi connectivity index (χ4v) is 0.956. The Morgan fingerprint density at radius 3 is 0.938 bits per heavy atom. The SMILES string of the molecule is Cl.[CH2-]c1ccccc1.[CH2-]c1ccccc1.[Mg+2]. The van der Waals surface area contributed by atoms with Crippen molar-refractivity contribution < 1.29 is 0 Å². The first-order valence-electron chi connectivity index (χ1n) is 4.53. The molecule has 0 radical (unpaired) electrons. The van der Waals surface area contributed by atoms with Crippen LogP contribution in [0.1, 0.15) is 11.1 Å². The number of hydrogen-bond acceptors (Lipinski definition) is 0. The smallest absolute Gasteiger partial charge is 0.199 e. The molecule has 16 heavy (non-hydrogen) atoms. The number of halogens is 1. The van der Waals surface area contributed by atoms with Crippen molar-refractivity contribution in [2.24, 2.45) is 0 Å². The molecule has 0 bridgehead atoms. The molecule has 0 heterocycles. The third-order valence-corrected chi connectivity index (χ3v) is 1.69. The summed E-state index contributed by atoms with van der Waals surface area (Å²) < 4.78 is 0. The van der Waals surface area contributed by atoms with E-state index in [1.54, 1.807) is 0 Å². The Morgan fingerprint density at radius 1 is 0.562 bits per heavy atom. The van der Waals surface area contributed by atoms with Gasteiger partial charge in [0.15, 0.2) is 0 Å². The summed E-state index contributed by atoms with van der Waals surface area (Å²) in [5, 5.41) is 0. The molecular formula is C14H15ClMg. The van der Waals surface area contributed by atoms with Crippen LogP contribution in [-0.2, 0) is 0 Å². The van der Waals surface area contributed by atoms with E-state index in [-0.39, 0.29) is 35.5 Å². The van der Waals surface area contributed by atoms with E-state index in [0.29, 0.717) is 0 Å². The normalized spacial score (nSPS) is 7.50. The fraction of sp³-hybridized carbons (Fsp3) is 0. The zero-order valence-electron chi connectivity index (χ0n) is 9.30. The molecule has 0 saturated carbocycles. The summed E-state index contributed by atoms with van der Waals surface area (Å²) in [6.07, 6.45) is 0. The van der Waals surface area contributed by atoms with Crippen molar-refractivity contribution in [3.8, 4) is 0 Å². The molecule has 0 aliphatic carbocycles. The number of hydrogen-bond donors (Lipinski definition) is 0. The van der Waals surface area contributed by atoms with Gasteiger partial charge in [0, 0.05) is 0 Å². The van der Waals surface area contributed by atoms with E-state index in [0.717, 1.165) is 11.1 Å². The van der Waals surface area contributed by atoms with Crippen molar-refractivity contribution in [3.05, 3.63) is 85.6 Å². The minimum Gasteiger partial charge on any atom is -0.199 e. The van der Waals surface area contributed by atoms with Gasteiger partial charge >= 0.3 is 23.1 Å². The Bertz CT molecular complexity index is 308. The predicted octanol–water partition coefficient (Wildman–Crippen LogP) is 3.78. The van der Waals surface area contributed by atoms with Crippen LogP contribution < -0.4 is 0 Å². The molecule has 0 unspecified atom stereocenters. The maximum absolute atomic E-state index is 3.72. The van der Waals surface area contributed by atoms with Crippen LogP contribution in [0.15, 0.2) is 60.7 Å². The first kappa shape index (κ1) is 17.6. The molecule has 0 N–H and O–H groups in total. The molecule has 2 aromatic rings. The summed E-state index contributed by atoms with van der Waals surface area (Å²) in [5.74, 6) is 0. The van der Waals surface area contributed by atoms with E-state index in [9.17, 15) is 0 Å². The van der Waals surface area contributed by atoms with E-state index in [2.05, 4.69) is 13.8 Å². The van der Waals surface area contributed by atoms with E-state index in [1.807, 2.05) is 60.7 Å². The van der Waals surface area contributed by atoms with Crippen molar-refractivity contribution in [1.29, 1.82) is 0 Å². The van der Waals surface area contributed by atoms with Gasteiger partial charge in [0.25, 0.3) is 0 Å². The molecule has 0 aliphatic heterocycles. The molecule has 80 valence electrons. The quantitative estimate of drug-likeness (QED) is 0.488. The van der Waals surface area contributed by atoms with Gasteiger partial charge in [-0.1, -0.05) is 12.1 Å². The summed E-state index contributed by atoms with van der Waals surface area (Å²) in [5.41, 5.74) is 2.14. The van der Waals surface area contributed by atoms with E-state index in [4.69, 9.17) is 0 Å². The molecule has 0 nitrogen and oxygen atoms in total. The Hall–Kier alpha value is -0.764. The van der Waals surface area contributed by atoms with Gasteiger partial charge in [-0.3, -0.25) is 0 Å². The van der Waals surface area contributed by atoms with Crippen molar-refractivity contribution in [2.45, 2.75) is 0 Å². The third-order valence-electron chi connectivity index (χ3n) is 1.69. The van der Waals surface area contributed by atoms with Gasteiger partial charge in [-0.15, -0.1) is 36.7 Å². The summed E-state index contributed by atoms with van der Waals surface area (Å²) in [6.45, 7) is 7.44. The van der Waals surface area contributed by atoms with Crippen LogP contribution in [0.4, 0.5) is 0 Å². The summed E-state index contributed by atoms with van der Waals surface area (Å²) >= 11 is 0. The van der Waals surface area contributed by atoms with Gasteiger partial charge < -0.3 is 0 Å². The molecule has 2 aromatic carbocycles. The van der Waals surface area contributed by atoms with Crippen LogP contribution in [0.2, 0.25) is 0 Å². The Morgan fingerprint density at radius 2 is 0.812 bits per heavy atom. The van der Waals surface area contributed by atoms with Crippen LogP contribution in [0.25, 0.3) is 0 Å². The Balaban J connectivity index is 0. The molecule has 0 aromatic heterocycles. The van der Waals surface area contributed by atoms with Crippen LogP contribution in [0.5, 0.6) is 0 Å². The largest absolute Gasteiger partial charge is 2.00 e. The average molecular weight is 243 g/mol. The van der Waals surface area contributed by atoms with Gasteiger partial charge in [0.05, 0.1) is 0 Å². The Kier molecular flexibility index (Phi) is 11.8. The summed E-state index contributed by atoms with van der Waals surface area (Å²) in [4.78, 5) is 0. The van der Waals surface area contributed by atoms with E-state index >= 15 is 0 Å². The van der Waals surface area contributed by atoms with Crippen molar-refractivity contribution >= 4 is 35.5 Å². The second-order valence-electron chi connectivity index (χ2n) is 2.97. The minimum atomic E-state index is 0. The van der Waals surface area contributed by atoms with Crippen molar-refractivity contribution in [1.82, 2.24) is 0 Å². The van der Waals surface area contributed by atoms with Gasteiger partial charge in [-0.25, -0.2) is 0 Å². The van der Waals surface area contributed by atoms with Crippen LogP contribution in [-0.4, -0.2) is 23.1 Å². The van der Waals surface area contributed by atoms with Crippen LogP contribution >= 0.6 is 12.4 Å². The van der Waals surface area contributed by atoms with Crippen LogP contribution in [0, 0.1) is 13.8 Å². The predicted molar refractivity (Wildman–Crippen MR) is 74.8 cm³/mol. The second kappa shape index (κ2) is 10.7. The van der Waals surface area contributed by atoms with Crippen molar-refractivity contribution in [3.63, 3.8) is 0 Å². The molecule has 0 fully saturated rings. The van der Waals surface area contributed by atoms with Gasteiger partial charge in [0.1, 0.15) is 0 Å².